The van der Waals surface area contributed by atoms with Gasteiger partial charge in [0.1, 0.15) is 11.6 Å². The Morgan fingerprint density at radius 1 is 1.14 bits per heavy atom. The van der Waals surface area contributed by atoms with Crippen molar-refractivity contribution < 1.29 is 13.6 Å². The van der Waals surface area contributed by atoms with E-state index in [0.717, 1.165) is 18.1 Å². The van der Waals surface area contributed by atoms with E-state index >= 15 is 0 Å². The highest BCUT2D eigenvalue weighted by Gasteiger charge is 2.20. The molecule has 3 heteroatoms. The van der Waals surface area contributed by atoms with Crippen LogP contribution in [0.3, 0.4) is 0 Å². The largest absolute Gasteiger partial charge is 0.288 e. The molecule has 0 aliphatic rings. The summed E-state index contributed by atoms with van der Waals surface area (Å²) in [7, 11) is 0. The quantitative estimate of drug-likeness (QED) is 0.745. The lowest BCUT2D eigenvalue weighted by atomic mass is 9.96. The minimum Gasteiger partial charge on any atom is -0.288 e. The topological polar surface area (TPSA) is 17.1 Å². The standard InChI is InChI=1S/C18H18F2O/c1-11(2)9-13-5-4-6-14(10-13)18(21)16-15(19)8-7-12(3)17(16)20/h4-8,10-11H,9H2,1-3H3. The fourth-order valence-corrected chi connectivity index (χ4v) is 2.32. The fourth-order valence-electron chi connectivity index (χ4n) is 2.32. The second-order valence-corrected chi connectivity index (χ2v) is 5.68. The van der Waals surface area contributed by atoms with E-state index in [4.69, 9.17) is 0 Å². The van der Waals surface area contributed by atoms with Crippen molar-refractivity contribution in [3.05, 3.63) is 70.3 Å². The molecule has 0 radical (unpaired) electrons. The molecule has 0 saturated heterocycles. The first-order valence-electron chi connectivity index (χ1n) is 6.98. The summed E-state index contributed by atoms with van der Waals surface area (Å²) in [5, 5.41) is 0. The van der Waals surface area contributed by atoms with Crippen LogP contribution in [0, 0.1) is 24.5 Å². The summed E-state index contributed by atoms with van der Waals surface area (Å²) in [5.74, 6) is -1.77. The third-order valence-electron chi connectivity index (χ3n) is 3.34. The number of hydrogen-bond acceptors (Lipinski definition) is 1. The number of aryl methyl sites for hydroxylation is 1. The molecule has 0 aromatic heterocycles. The Labute approximate surface area is 123 Å². The van der Waals surface area contributed by atoms with Crippen LogP contribution in [0.15, 0.2) is 36.4 Å². The molecule has 2 rings (SSSR count). The van der Waals surface area contributed by atoms with Crippen LogP contribution >= 0.6 is 0 Å². The zero-order valence-electron chi connectivity index (χ0n) is 12.4. The van der Waals surface area contributed by atoms with Crippen LogP contribution in [-0.4, -0.2) is 5.78 Å². The molecular weight excluding hydrogens is 270 g/mol. The van der Waals surface area contributed by atoms with E-state index in [9.17, 15) is 13.6 Å². The number of halogens is 2. The number of benzene rings is 2. The predicted octanol–water partition coefficient (Wildman–Crippen LogP) is 4.70. The van der Waals surface area contributed by atoms with Crippen LogP contribution in [0.2, 0.25) is 0 Å². The average molecular weight is 288 g/mol. The summed E-state index contributed by atoms with van der Waals surface area (Å²) in [6, 6.07) is 9.42. The molecule has 110 valence electrons. The van der Waals surface area contributed by atoms with Crippen molar-refractivity contribution in [2.45, 2.75) is 27.2 Å². The van der Waals surface area contributed by atoms with Gasteiger partial charge in [0, 0.05) is 5.56 Å². The van der Waals surface area contributed by atoms with Crippen molar-refractivity contribution in [2.75, 3.05) is 0 Å². The minimum atomic E-state index is -0.822. The van der Waals surface area contributed by atoms with Crippen molar-refractivity contribution in [1.29, 1.82) is 0 Å². The van der Waals surface area contributed by atoms with Gasteiger partial charge in [-0.15, -0.1) is 0 Å². The van der Waals surface area contributed by atoms with Gasteiger partial charge in [-0.1, -0.05) is 38.1 Å². The van der Waals surface area contributed by atoms with Gasteiger partial charge in [0.15, 0.2) is 5.78 Å². The highest BCUT2D eigenvalue weighted by molar-refractivity contribution is 6.09. The van der Waals surface area contributed by atoms with Crippen LogP contribution < -0.4 is 0 Å². The van der Waals surface area contributed by atoms with Gasteiger partial charge in [-0.25, -0.2) is 8.78 Å². The van der Waals surface area contributed by atoms with E-state index in [2.05, 4.69) is 13.8 Å². The second-order valence-electron chi connectivity index (χ2n) is 5.68. The van der Waals surface area contributed by atoms with Gasteiger partial charge in [-0.2, -0.15) is 0 Å². The maximum absolute atomic E-state index is 14.0. The van der Waals surface area contributed by atoms with Gasteiger partial charge >= 0.3 is 0 Å². The third-order valence-corrected chi connectivity index (χ3v) is 3.34. The van der Waals surface area contributed by atoms with E-state index in [1.807, 2.05) is 6.07 Å². The van der Waals surface area contributed by atoms with Crippen molar-refractivity contribution in [3.8, 4) is 0 Å². The van der Waals surface area contributed by atoms with Crippen LogP contribution in [0.1, 0.15) is 40.9 Å². The van der Waals surface area contributed by atoms with E-state index < -0.39 is 23.0 Å². The van der Waals surface area contributed by atoms with Crippen molar-refractivity contribution in [2.24, 2.45) is 5.92 Å². The highest BCUT2D eigenvalue weighted by Crippen LogP contribution is 2.21. The summed E-state index contributed by atoms with van der Waals surface area (Å²) >= 11 is 0. The Morgan fingerprint density at radius 3 is 2.52 bits per heavy atom. The fraction of sp³-hybridized carbons (Fsp3) is 0.278. The molecule has 0 N–H and O–H groups in total. The monoisotopic (exact) mass is 288 g/mol. The maximum Gasteiger partial charge on any atom is 0.198 e. The molecule has 0 unspecified atom stereocenters. The number of carbonyl (C=O) groups is 1. The van der Waals surface area contributed by atoms with Crippen molar-refractivity contribution >= 4 is 5.78 Å². The lowest BCUT2D eigenvalue weighted by Gasteiger charge is -2.09. The molecule has 2 aromatic carbocycles. The van der Waals surface area contributed by atoms with Crippen LogP contribution in [0.25, 0.3) is 0 Å². The zero-order valence-corrected chi connectivity index (χ0v) is 12.4. The second kappa shape index (κ2) is 6.17. The van der Waals surface area contributed by atoms with E-state index in [1.54, 1.807) is 18.2 Å². The normalized spacial score (nSPS) is 11.0. The summed E-state index contributed by atoms with van der Waals surface area (Å²) in [6.45, 7) is 5.67. The highest BCUT2D eigenvalue weighted by atomic mass is 19.1. The molecule has 2 aromatic rings. The zero-order chi connectivity index (χ0) is 15.6. The summed E-state index contributed by atoms with van der Waals surface area (Å²) in [4.78, 5) is 12.4. The lowest BCUT2D eigenvalue weighted by Crippen LogP contribution is -2.09. The van der Waals surface area contributed by atoms with Gasteiger partial charge in [-0.05, 0) is 42.5 Å². The number of rotatable bonds is 4. The van der Waals surface area contributed by atoms with E-state index in [-0.39, 0.29) is 5.56 Å². The summed E-state index contributed by atoms with van der Waals surface area (Å²) in [5.41, 5.74) is 1.09. The van der Waals surface area contributed by atoms with Gasteiger partial charge < -0.3 is 0 Å². The number of carbonyl (C=O) groups excluding carboxylic acids is 1. The van der Waals surface area contributed by atoms with Crippen molar-refractivity contribution in [3.63, 3.8) is 0 Å². The Kier molecular flexibility index (Phi) is 4.51. The third kappa shape index (κ3) is 3.35. The molecule has 0 amide bonds. The smallest absolute Gasteiger partial charge is 0.198 e. The Balaban J connectivity index is 2.43. The predicted molar refractivity (Wildman–Crippen MR) is 79.5 cm³/mol. The first-order valence-corrected chi connectivity index (χ1v) is 6.98. The van der Waals surface area contributed by atoms with Crippen LogP contribution in [-0.2, 0) is 6.42 Å². The van der Waals surface area contributed by atoms with E-state index in [1.165, 1.54) is 13.0 Å². The molecule has 0 aliphatic carbocycles. The summed E-state index contributed by atoms with van der Waals surface area (Å²) < 4.78 is 27.9. The molecule has 0 bridgehead atoms. The number of ketones is 1. The Bertz CT molecular complexity index is 675. The molecule has 0 saturated carbocycles. The van der Waals surface area contributed by atoms with Gasteiger partial charge in [0.05, 0.1) is 5.56 Å². The SMILES string of the molecule is Cc1ccc(F)c(C(=O)c2cccc(CC(C)C)c2)c1F. The molecule has 0 fully saturated rings. The van der Waals surface area contributed by atoms with Gasteiger partial charge in [-0.3, -0.25) is 4.79 Å². The number of hydrogen-bond donors (Lipinski definition) is 0. The summed E-state index contributed by atoms with van der Waals surface area (Å²) in [6.07, 6.45) is 0.819. The molecule has 0 spiro atoms. The average Bonchev–Trinajstić information content (AvgIpc) is 2.43. The van der Waals surface area contributed by atoms with Gasteiger partial charge in [0.25, 0.3) is 0 Å². The van der Waals surface area contributed by atoms with Crippen molar-refractivity contribution in [1.82, 2.24) is 0 Å². The first-order chi connectivity index (χ1) is 9.90. The molecule has 21 heavy (non-hydrogen) atoms. The van der Waals surface area contributed by atoms with Gasteiger partial charge in [0.2, 0.25) is 0 Å². The first kappa shape index (κ1) is 15.4. The molecule has 0 heterocycles. The minimum absolute atomic E-state index is 0.262. The van der Waals surface area contributed by atoms with E-state index in [0.29, 0.717) is 11.5 Å². The Morgan fingerprint density at radius 2 is 1.86 bits per heavy atom. The Hall–Kier alpha value is -2.03. The molecule has 0 atom stereocenters. The van der Waals surface area contributed by atoms with Crippen LogP contribution in [0.4, 0.5) is 8.78 Å². The van der Waals surface area contributed by atoms with Crippen LogP contribution in [0.5, 0.6) is 0 Å². The molecule has 1 nitrogen and oxygen atoms in total. The molecule has 0 aliphatic heterocycles. The lowest BCUT2D eigenvalue weighted by molar-refractivity contribution is 0.103. The maximum atomic E-state index is 14.0. The molecular formula is C18H18F2O.